The third-order valence-electron chi connectivity index (χ3n) is 5.33. The first-order chi connectivity index (χ1) is 4.00. The Bertz CT molecular complexity index is 115. The Morgan fingerprint density at radius 2 is 0.444 bits per heavy atom. The van der Waals surface area contributed by atoms with Crippen molar-refractivity contribution in [3.8, 4) is 0 Å². The van der Waals surface area contributed by atoms with Gasteiger partial charge in [0, 0.05) is 17.1 Å². The third-order valence-corrected chi connectivity index (χ3v) is 5.33. The van der Waals surface area contributed by atoms with E-state index in [1.165, 1.54) is 47.3 Å². The third kappa shape index (κ3) is 0.154. The molecular weight excluding hydrogens is 152 g/mol. The molecule has 0 unspecified atom stereocenters. The minimum atomic E-state index is 0. The van der Waals surface area contributed by atoms with E-state index >= 15 is 0 Å². The van der Waals surface area contributed by atoms with Gasteiger partial charge in [-0.1, -0.05) is 0 Å². The molecule has 0 aromatic rings. The zero-order valence-corrected chi connectivity index (χ0v) is 6.08. The summed E-state index contributed by atoms with van der Waals surface area (Å²) in [5.74, 6) is 10.7. The van der Waals surface area contributed by atoms with Crippen LogP contribution in [0.25, 0.3) is 0 Å². The van der Waals surface area contributed by atoms with Gasteiger partial charge in [0.25, 0.3) is 0 Å². The molecule has 0 spiro atoms. The summed E-state index contributed by atoms with van der Waals surface area (Å²) < 4.78 is 0. The van der Waals surface area contributed by atoms with Crippen molar-refractivity contribution in [3.05, 3.63) is 0 Å². The Balaban J connectivity index is 0.000000288. The van der Waals surface area contributed by atoms with Crippen LogP contribution >= 0.6 is 0 Å². The molecular formula is C8H8Fe. The fourth-order valence-corrected chi connectivity index (χ4v) is 5.29. The summed E-state index contributed by atoms with van der Waals surface area (Å²) in [4.78, 5) is 0. The van der Waals surface area contributed by atoms with E-state index in [0.717, 1.165) is 0 Å². The molecule has 6 rings (SSSR count). The molecule has 0 nitrogen and oxygen atoms in total. The van der Waals surface area contributed by atoms with Gasteiger partial charge in [0.15, 0.2) is 0 Å². The molecule has 0 aliphatic heterocycles. The number of hydrogen-bond donors (Lipinski definition) is 0. The first-order valence-electron chi connectivity index (χ1n) is 4.00. The molecule has 1 heteroatoms. The smallest absolute Gasteiger partial charge is 0 e. The molecule has 0 aromatic heterocycles. The standard InChI is InChI=1S/C8H8.Fe/c1-2-5-3(1)7-4(1)6(2)8(5)7;/h1-8H;. The van der Waals surface area contributed by atoms with Crippen molar-refractivity contribution >= 4 is 0 Å². The molecule has 0 heterocycles. The fraction of sp³-hybridized carbons (Fsp3) is 1.00. The molecule has 0 aromatic carbocycles. The van der Waals surface area contributed by atoms with Crippen LogP contribution in [-0.4, -0.2) is 0 Å². The van der Waals surface area contributed by atoms with Crippen LogP contribution in [0.2, 0.25) is 0 Å². The van der Waals surface area contributed by atoms with Crippen molar-refractivity contribution in [3.63, 3.8) is 0 Å². The van der Waals surface area contributed by atoms with E-state index in [4.69, 9.17) is 0 Å². The van der Waals surface area contributed by atoms with Crippen LogP contribution in [-0.2, 0) is 17.1 Å². The van der Waals surface area contributed by atoms with Crippen LogP contribution < -0.4 is 0 Å². The van der Waals surface area contributed by atoms with Gasteiger partial charge in [-0.2, -0.15) is 0 Å². The van der Waals surface area contributed by atoms with Gasteiger partial charge in [0.2, 0.25) is 0 Å². The van der Waals surface area contributed by atoms with Crippen LogP contribution in [0.1, 0.15) is 0 Å². The molecule has 0 radical (unpaired) electrons. The van der Waals surface area contributed by atoms with Crippen molar-refractivity contribution in [1.29, 1.82) is 0 Å². The molecule has 6 aliphatic rings. The van der Waals surface area contributed by atoms with Gasteiger partial charge in [-0.3, -0.25) is 0 Å². The summed E-state index contributed by atoms with van der Waals surface area (Å²) in [7, 11) is 0. The minimum Gasteiger partial charge on any atom is -0.0312 e. The van der Waals surface area contributed by atoms with Gasteiger partial charge in [0.05, 0.1) is 0 Å². The Morgan fingerprint density at radius 1 is 0.333 bits per heavy atom. The first-order valence-corrected chi connectivity index (χ1v) is 4.00. The van der Waals surface area contributed by atoms with E-state index < -0.39 is 0 Å². The summed E-state index contributed by atoms with van der Waals surface area (Å²) in [6.45, 7) is 0. The van der Waals surface area contributed by atoms with Crippen molar-refractivity contribution in [2.24, 2.45) is 47.3 Å². The molecule has 0 atom stereocenters. The molecule has 0 N–H and O–H groups in total. The summed E-state index contributed by atoms with van der Waals surface area (Å²) in [6, 6.07) is 0. The second kappa shape index (κ2) is 0.801. The Morgan fingerprint density at radius 3 is 0.556 bits per heavy atom. The fourth-order valence-electron chi connectivity index (χ4n) is 5.29. The SMILES string of the molecule is C12C3C4C1C1C2C3C41.[Fe]. The quantitative estimate of drug-likeness (QED) is 0.463. The van der Waals surface area contributed by atoms with Crippen LogP contribution in [0.3, 0.4) is 0 Å². The maximum atomic E-state index is 1.33. The summed E-state index contributed by atoms with van der Waals surface area (Å²) in [5, 5.41) is 0. The molecule has 6 saturated carbocycles. The van der Waals surface area contributed by atoms with Gasteiger partial charge >= 0.3 is 0 Å². The molecule has 48 valence electrons. The van der Waals surface area contributed by atoms with Crippen molar-refractivity contribution in [1.82, 2.24) is 0 Å². The van der Waals surface area contributed by atoms with Crippen molar-refractivity contribution in [2.75, 3.05) is 0 Å². The van der Waals surface area contributed by atoms with Crippen molar-refractivity contribution < 1.29 is 17.1 Å². The molecule has 6 fully saturated rings. The minimum absolute atomic E-state index is 0. The summed E-state index contributed by atoms with van der Waals surface area (Å²) in [6.07, 6.45) is 0. The van der Waals surface area contributed by atoms with Crippen LogP contribution in [0.4, 0.5) is 0 Å². The summed E-state index contributed by atoms with van der Waals surface area (Å²) in [5.41, 5.74) is 0. The normalized spacial score (nSPS) is 96.0. The zero-order valence-electron chi connectivity index (χ0n) is 4.97. The first kappa shape index (κ1) is 4.41. The molecule has 6 aliphatic carbocycles. The largest absolute Gasteiger partial charge is 0.0312 e. The van der Waals surface area contributed by atoms with E-state index in [9.17, 15) is 0 Å². The van der Waals surface area contributed by atoms with Gasteiger partial charge in [-0.05, 0) is 47.3 Å². The number of hydrogen-bond acceptors (Lipinski definition) is 0. The van der Waals surface area contributed by atoms with Crippen LogP contribution in [0, 0.1) is 47.3 Å². The predicted octanol–water partition coefficient (Wildman–Crippen LogP) is 0.982. The molecule has 0 amide bonds. The van der Waals surface area contributed by atoms with E-state index in [1.807, 2.05) is 0 Å². The number of rotatable bonds is 0. The average Bonchev–Trinajstić information content (AvgIpc) is 1.90. The van der Waals surface area contributed by atoms with Gasteiger partial charge < -0.3 is 0 Å². The van der Waals surface area contributed by atoms with Gasteiger partial charge in [-0.25, -0.2) is 0 Å². The van der Waals surface area contributed by atoms with Gasteiger partial charge in [-0.15, -0.1) is 0 Å². The predicted molar refractivity (Wildman–Crippen MR) is 27.9 cm³/mol. The molecule has 0 bridgehead atoms. The molecule has 0 saturated heterocycles. The van der Waals surface area contributed by atoms with E-state index in [0.29, 0.717) is 0 Å². The van der Waals surface area contributed by atoms with E-state index in [1.54, 1.807) is 0 Å². The Hall–Kier alpha value is 0.519. The Kier molecular flexibility index (Phi) is 0.392. The Labute approximate surface area is 64.9 Å². The second-order valence-corrected chi connectivity index (χ2v) is 4.62. The van der Waals surface area contributed by atoms with Crippen LogP contribution in [0.15, 0.2) is 0 Å². The average molecular weight is 160 g/mol. The van der Waals surface area contributed by atoms with Crippen LogP contribution in [0.5, 0.6) is 0 Å². The van der Waals surface area contributed by atoms with E-state index in [-0.39, 0.29) is 17.1 Å². The maximum Gasteiger partial charge on any atom is 0 e. The zero-order chi connectivity index (χ0) is 4.62. The maximum absolute atomic E-state index is 1.33. The van der Waals surface area contributed by atoms with Crippen molar-refractivity contribution in [2.45, 2.75) is 0 Å². The summed E-state index contributed by atoms with van der Waals surface area (Å²) >= 11 is 0. The van der Waals surface area contributed by atoms with Gasteiger partial charge in [0.1, 0.15) is 0 Å². The molecule has 9 heavy (non-hydrogen) atoms. The monoisotopic (exact) mass is 160 g/mol. The van der Waals surface area contributed by atoms with E-state index in [2.05, 4.69) is 0 Å². The topological polar surface area (TPSA) is 0 Å². The second-order valence-electron chi connectivity index (χ2n) is 4.62.